The van der Waals surface area contributed by atoms with Crippen molar-refractivity contribution in [2.75, 3.05) is 20.4 Å². The normalized spacial score (nSPS) is 10.3. The van der Waals surface area contributed by atoms with E-state index < -0.39 is 0 Å². The first kappa shape index (κ1) is 19.0. The molecule has 0 fully saturated rings. The van der Waals surface area contributed by atoms with Crippen molar-refractivity contribution >= 4 is 48.9 Å². The van der Waals surface area contributed by atoms with Crippen molar-refractivity contribution in [1.82, 2.24) is 0 Å². The van der Waals surface area contributed by atoms with Gasteiger partial charge in [0.25, 0.3) is 0 Å². The van der Waals surface area contributed by atoms with Gasteiger partial charge in [-0.1, -0.05) is 13.3 Å². The fourth-order valence-electron chi connectivity index (χ4n) is 1.59. The Kier molecular flexibility index (Phi) is 9.83. The first-order valence-corrected chi connectivity index (χ1v) is 7.84. The maximum atomic E-state index is 12.3. The second-order valence-corrected chi connectivity index (χ2v) is 5.93. The Hall–Kier alpha value is -0.00260. The third-order valence-corrected chi connectivity index (χ3v) is 4.34. The van der Waals surface area contributed by atoms with E-state index in [0.717, 1.165) is 23.5 Å². The third-order valence-electron chi connectivity index (χ3n) is 2.54. The van der Waals surface area contributed by atoms with Gasteiger partial charge in [-0.05, 0) is 49.2 Å². The molecule has 0 saturated heterocycles. The molecule has 1 unspecified atom stereocenters. The summed E-state index contributed by atoms with van der Waals surface area (Å²) in [6.07, 6.45) is 3.10. The van der Waals surface area contributed by atoms with Crippen LogP contribution >= 0.6 is 24.5 Å². The van der Waals surface area contributed by atoms with Crippen molar-refractivity contribution in [3.63, 3.8) is 0 Å². The van der Waals surface area contributed by atoms with Gasteiger partial charge in [-0.15, -0.1) is 0 Å². The summed E-state index contributed by atoms with van der Waals surface area (Å²) >= 11 is 3.39. The summed E-state index contributed by atoms with van der Waals surface area (Å²) in [6, 6.07) is 3.60. The molecule has 0 bridgehead atoms. The third kappa shape index (κ3) is 5.12. The quantitative estimate of drug-likeness (QED) is 0.431. The molecule has 19 heavy (non-hydrogen) atoms. The number of rotatable bonds is 7. The minimum Gasteiger partial charge on any atom is -0.496 e. The zero-order valence-corrected chi connectivity index (χ0v) is 14.5. The van der Waals surface area contributed by atoms with Crippen LogP contribution in [-0.2, 0) is 0 Å². The molecule has 6 heteroatoms. The fourth-order valence-corrected chi connectivity index (χ4v) is 3.25. The number of hydrogen-bond donors (Lipinski definition) is 0. The first-order valence-electron chi connectivity index (χ1n) is 5.84. The zero-order valence-electron chi connectivity index (χ0n) is 11.9. The van der Waals surface area contributed by atoms with E-state index in [1.165, 1.54) is 0 Å². The Balaban J connectivity index is 0.00000324. The number of unbranched alkanes of at least 4 members (excludes halogenated alkanes) is 1. The van der Waals surface area contributed by atoms with Gasteiger partial charge in [0.2, 0.25) is 0 Å². The van der Waals surface area contributed by atoms with E-state index in [1.54, 1.807) is 20.3 Å². The van der Waals surface area contributed by atoms with Crippen LogP contribution in [0.3, 0.4) is 0 Å². The summed E-state index contributed by atoms with van der Waals surface area (Å²) in [4.78, 5) is 12.3. The van der Waals surface area contributed by atoms with Gasteiger partial charge < -0.3 is 9.47 Å². The minimum absolute atomic E-state index is 0. The molecule has 0 aliphatic heterocycles. The largest absolute Gasteiger partial charge is 0.496 e. The molecule has 1 atom stereocenters. The second-order valence-electron chi connectivity index (χ2n) is 3.77. The van der Waals surface area contributed by atoms with E-state index in [0.29, 0.717) is 17.1 Å². The molecule has 0 spiro atoms. The van der Waals surface area contributed by atoms with Crippen LogP contribution < -0.4 is 9.47 Å². The van der Waals surface area contributed by atoms with Gasteiger partial charge in [-0.3, -0.25) is 4.79 Å². The van der Waals surface area contributed by atoms with Gasteiger partial charge >= 0.3 is 0 Å². The van der Waals surface area contributed by atoms with Crippen molar-refractivity contribution in [2.24, 2.45) is 0 Å². The molecular formula is C13H18BrLiO3P. The van der Waals surface area contributed by atoms with Crippen molar-refractivity contribution in [3.05, 3.63) is 22.2 Å². The Morgan fingerprint density at radius 3 is 2.53 bits per heavy atom. The topological polar surface area (TPSA) is 35.5 Å². The number of hydrogen-bond acceptors (Lipinski definition) is 3. The van der Waals surface area contributed by atoms with Gasteiger partial charge in [0.05, 0.1) is 18.7 Å². The van der Waals surface area contributed by atoms with E-state index >= 15 is 0 Å². The minimum atomic E-state index is 0. The van der Waals surface area contributed by atoms with Crippen LogP contribution in [0.25, 0.3) is 0 Å². The zero-order chi connectivity index (χ0) is 13.5. The molecule has 0 amide bonds. The summed E-state index contributed by atoms with van der Waals surface area (Å²) in [6.45, 7) is 2.12. The maximum absolute atomic E-state index is 12.3. The number of benzene rings is 1. The molecular weight excluding hydrogens is 322 g/mol. The second kappa shape index (κ2) is 9.83. The average molecular weight is 340 g/mol. The van der Waals surface area contributed by atoms with Crippen LogP contribution in [0.1, 0.15) is 30.1 Å². The molecule has 0 N–H and O–H groups in total. The molecule has 1 radical (unpaired) electrons. The molecule has 101 valence electrons. The van der Waals surface area contributed by atoms with E-state index in [-0.39, 0.29) is 33.0 Å². The number of carbonyl (C=O) groups excluding carboxylic acids is 1. The van der Waals surface area contributed by atoms with Gasteiger partial charge in [0.15, 0.2) is 5.52 Å². The Morgan fingerprint density at radius 2 is 2.00 bits per heavy atom. The molecule has 0 aliphatic rings. The van der Waals surface area contributed by atoms with Crippen molar-refractivity contribution in [2.45, 2.75) is 19.8 Å². The number of halogens is 1. The number of methoxy groups -OCH3 is 2. The van der Waals surface area contributed by atoms with Crippen molar-refractivity contribution in [3.8, 4) is 11.5 Å². The number of carbonyl (C=O) groups is 1. The summed E-state index contributed by atoms with van der Waals surface area (Å²) in [5.41, 5.74) is 0.641. The SMILES string of the molecule is CCCCPC(=O)c1c(OC)ccc(Br)c1OC.[Li]. The smallest absolute Gasteiger partial charge is 0.188 e. The monoisotopic (exact) mass is 339 g/mol. The van der Waals surface area contributed by atoms with Crippen LogP contribution in [0, 0.1) is 0 Å². The van der Waals surface area contributed by atoms with Gasteiger partial charge in [0.1, 0.15) is 17.1 Å². The van der Waals surface area contributed by atoms with Crippen molar-refractivity contribution in [1.29, 1.82) is 0 Å². The molecule has 0 aliphatic carbocycles. The Morgan fingerprint density at radius 1 is 1.32 bits per heavy atom. The van der Waals surface area contributed by atoms with Gasteiger partial charge in [-0.25, -0.2) is 0 Å². The maximum Gasteiger partial charge on any atom is 0.188 e. The predicted octanol–water partition coefficient (Wildman–Crippen LogP) is 3.70. The predicted molar refractivity (Wildman–Crippen MR) is 85.4 cm³/mol. The van der Waals surface area contributed by atoms with E-state index in [2.05, 4.69) is 22.9 Å². The molecule has 0 saturated carbocycles. The summed E-state index contributed by atoms with van der Waals surface area (Å²) in [5, 5.41) is 0. The summed E-state index contributed by atoms with van der Waals surface area (Å²) in [5.74, 6) is 1.13. The molecule has 0 heterocycles. The van der Waals surface area contributed by atoms with E-state index in [4.69, 9.17) is 9.47 Å². The molecule has 1 aromatic rings. The molecule has 0 aromatic heterocycles. The average Bonchev–Trinajstić information content (AvgIpc) is 2.38. The fraction of sp³-hybridized carbons (Fsp3) is 0.462. The first-order chi connectivity index (χ1) is 8.65. The van der Waals surface area contributed by atoms with Crippen LogP contribution in [0.4, 0.5) is 0 Å². The summed E-state index contributed by atoms with van der Waals surface area (Å²) < 4.78 is 11.3. The summed E-state index contributed by atoms with van der Waals surface area (Å²) in [7, 11) is 3.39. The molecule has 3 nitrogen and oxygen atoms in total. The van der Waals surface area contributed by atoms with E-state index in [9.17, 15) is 4.79 Å². The van der Waals surface area contributed by atoms with Gasteiger partial charge in [0, 0.05) is 18.9 Å². The Labute approximate surface area is 136 Å². The number of ether oxygens (including phenoxy) is 2. The van der Waals surface area contributed by atoms with E-state index in [1.807, 2.05) is 6.07 Å². The van der Waals surface area contributed by atoms with Crippen LogP contribution in [-0.4, -0.2) is 44.8 Å². The van der Waals surface area contributed by atoms with Crippen LogP contribution in [0.2, 0.25) is 0 Å². The standard InChI is InChI=1S/C13H18BrO3P.Li/c1-4-5-8-18-13(15)11-10(16-2)7-6-9(14)12(11)17-3;/h6-7,18H,4-5,8H2,1-3H3;. The van der Waals surface area contributed by atoms with Crippen molar-refractivity contribution < 1.29 is 14.3 Å². The van der Waals surface area contributed by atoms with Crippen LogP contribution in [0.5, 0.6) is 11.5 Å². The molecule has 1 rings (SSSR count). The van der Waals surface area contributed by atoms with Crippen LogP contribution in [0.15, 0.2) is 16.6 Å². The Bertz CT molecular complexity index is 427. The molecule has 1 aromatic carbocycles. The van der Waals surface area contributed by atoms with Gasteiger partial charge in [-0.2, -0.15) is 0 Å².